The van der Waals surface area contributed by atoms with Crippen molar-refractivity contribution in [1.29, 1.82) is 0 Å². The maximum atomic E-state index is 11.7. The number of aromatic nitrogens is 1. The largest absolute Gasteiger partial charge is 0.352 e. The van der Waals surface area contributed by atoms with Crippen LogP contribution >= 0.6 is 11.3 Å². The molecule has 106 valence electrons. The Hall–Kier alpha value is -1.88. The van der Waals surface area contributed by atoms with Gasteiger partial charge < -0.3 is 9.88 Å². The van der Waals surface area contributed by atoms with E-state index in [0.29, 0.717) is 25.9 Å². The van der Waals surface area contributed by atoms with Crippen LogP contribution in [0.5, 0.6) is 0 Å². The highest BCUT2D eigenvalue weighted by Crippen LogP contribution is 2.03. The van der Waals surface area contributed by atoms with Gasteiger partial charge in [0.2, 0.25) is 5.91 Å². The zero-order valence-electron chi connectivity index (χ0n) is 11.5. The Morgan fingerprint density at radius 3 is 2.70 bits per heavy atom. The van der Waals surface area contributed by atoms with Gasteiger partial charge in [-0.3, -0.25) is 9.59 Å². The van der Waals surface area contributed by atoms with Gasteiger partial charge in [0.15, 0.2) is 0 Å². The zero-order chi connectivity index (χ0) is 14.4. The summed E-state index contributed by atoms with van der Waals surface area (Å²) < 4.78 is 1.72. The van der Waals surface area contributed by atoms with Crippen LogP contribution in [0.15, 0.2) is 40.5 Å². The third-order valence-corrected chi connectivity index (χ3v) is 3.98. The predicted molar refractivity (Wildman–Crippen MR) is 80.8 cm³/mol. The van der Waals surface area contributed by atoms with Crippen molar-refractivity contribution in [3.63, 3.8) is 0 Å². The van der Waals surface area contributed by atoms with Crippen LogP contribution in [0.4, 0.5) is 0 Å². The summed E-state index contributed by atoms with van der Waals surface area (Å²) in [5, 5.41) is 4.73. The van der Waals surface area contributed by atoms with Crippen molar-refractivity contribution in [2.24, 2.45) is 0 Å². The Kier molecular flexibility index (Phi) is 5.12. The van der Waals surface area contributed by atoms with Crippen molar-refractivity contribution in [3.8, 4) is 0 Å². The predicted octanol–water partition coefficient (Wildman–Crippen LogP) is 2.31. The molecule has 0 aliphatic carbocycles. The van der Waals surface area contributed by atoms with E-state index in [4.69, 9.17) is 0 Å². The van der Waals surface area contributed by atoms with Crippen LogP contribution in [0.1, 0.15) is 24.1 Å². The number of thiazole rings is 1. The summed E-state index contributed by atoms with van der Waals surface area (Å²) in [4.78, 5) is 23.3. The number of carbonyl (C=O) groups excluding carboxylic acids is 1. The molecule has 0 saturated carbocycles. The van der Waals surface area contributed by atoms with Gasteiger partial charge in [0.05, 0.1) is 0 Å². The molecule has 1 N–H and O–H groups in total. The van der Waals surface area contributed by atoms with Crippen LogP contribution in [-0.4, -0.2) is 10.5 Å². The lowest BCUT2D eigenvalue weighted by Gasteiger charge is -2.06. The Morgan fingerprint density at radius 1 is 1.30 bits per heavy atom. The minimum absolute atomic E-state index is 0.0229. The maximum Gasteiger partial charge on any atom is 0.307 e. The lowest BCUT2D eigenvalue weighted by Crippen LogP contribution is -2.23. The molecule has 0 atom stereocenters. The zero-order valence-corrected chi connectivity index (χ0v) is 12.3. The van der Waals surface area contributed by atoms with Crippen LogP contribution in [0.25, 0.3) is 0 Å². The summed E-state index contributed by atoms with van der Waals surface area (Å²) in [5.74, 6) is 0.0229. The van der Waals surface area contributed by atoms with Gasteiger partial charge in [-0.05, 0) is 18.9 Å². The number of rotatable bonds is 6. The quantitative estimate of drug-likeness (QED) is 0.887. The first-order valence-electron chi connectivity index (χ1n) is 6.62. The van der Waals surface area contributed by atoms with Gasteiger partial charge in [-0.15, -0.1) is 0 Å². The number of benzene rings is 1. The van der Waals surface area contributed by atoms with E-state index < -0.39 is 0 Å². The molecule has 4 nitrogen and oxygen atoms in total. The topological polar surface area (TPSA) is 51.1 Å². The lowest BCUT2D eigenvalue weighted by atomic mass is 10.2. The van der Waals surface area contributed by atoms with E-state index in [0.717, 1.165) is 11.3 Å². The van der Waals surface area contributed by atoms with Crippen LogP contribution in [0, 0.1) is 6.92 Å². The third kappa shape index (κ3) is 4.06. The number of carbonyl (C=O) groups is 1. The normalized spacial score (nSPS) is 10.4. The summed E-state index contributed by atoms with van der Waals surface area (Å²) >= 11 is 1.20. The molecule has 1 aromatic heterocycles. The monoisotopic (exact) mass is 290 g/mol. The van der Waals surface area contributed by atoms with Crippen molar-refractivity contribution in [1.82, 2.24) is 9.88 Å². The molecule has 0 unspecified atom stereocenters. The Morgan fingerprint density at radius 2 is 2.05 bits per heavy atom. The molecule has 0 radical (unpaired) electrons. The fourth-order valence-corrected chi connectivity index (χ4v) is 2.72. The standard InChI is InChI=1S/C15H18N2O2S/c1-12-11-20-15(19)17(12)9-5-8-14(18)16-10-13-6-3-2-4-7-13/h2-4,6-7,11H,5,8-10H2,1H3,(H,16,18). The van der Waals surface area contributed by atoms with Crippen LogP contribution < -0.4 is 10.2 Å². The van der Waals surface area contributed by atoms with Gasteiger partial charge in [-0.1, -0.05) is 41.7 Å². The summed E-state index contributed by atoms with van der Waals surface area (Å²) in [5.41, 5.74) is 2.05. The first-order chi connectivity index (χ1) is 9.66. The third-order valence-electron chi connectivity index (χ3n) is 3.09. The van der Waals surface area contributed by atoms with Crippen molar-refractivity contribution in [3.05, 3.63) is 56.6 Å². The molecule has 0 fully saturated rings. The minimum Gasteiger partial charge on any atom is -0.352 e. The van der Waals surface area contributed by atoms with Crippen LogP contribution in [0.3, 0.4) is 0 Å². The van der Waals surface area contributed by atoms with E-state index in [1.807, 2.05) is 42.6 Å². The molecule has 20 heavy (non-hydrogen) atoms. The maximum absolute atomic E-state index is 11.7. The smallest absolute Gasteiger partial charge is 0.307 e. The number of nitrogens with one attached hydrogen (secondary N) is 1. The van der Waals surface area contributed by atoms with Crippen LogP contribution in [-0.2, 0) is 17.9 Å². The van der Waals surface area contributed by atoms with Gasteiger partial charge in [-0.2, -0.15) is 0 Å². The molecule has 1 heterocycles. The fourth-order valence-electron chi connectivity index (χ4n) is 1.96. The van der Waals surface area contributed by atoms with Gasteiger partial charge in [0.1, 0.15) is 0 Å². The van der Waals surface area contributed by atoms with E-state index in [1.54, 1.807) is 4.57 Å². The van der Waals surface area contributed by atoms with Gasteiger partial charge >= 0.3 is 4.87 Å². The van der Waals surface area contributed by atoms with Gasteiger partial charge in [0, 0.05) is 30.6 Å². The second kappa shape index (κ2) is 7.05. The van der Waals surface area contributed by atoms with E-state index in [1.165, 1.54) is 11.3 Å². The molecule has 0 saturated heterocycles. The number of hydrogen-bond acceptors (Lipinski definition) is 3. The summed E-state index contributed by atoms with van der Waals surface area (Å²) in [7, 11) is 0. The molecule has 0 bridgehead atoms. The number of amides is 1. The highest BCUT2D eigenvalue weighted by molar-refractivity contribution is 7.07. The van der Waals surface area contributed by atoms with E-state index in [-0.39, 0.29) is 10.8 Å². The molecule has 0 spiro atoms. The molecule has 5 heteroatoms. The number of aryl methyl sites for hydroxylation is 1. The van der Waals surface area contributed by atoms with Crippen molar-refractivity contribution >= 4 is 17.2 Å². The average Bonchev–Trinajstić information content (AvgIpc) is 2.78. The summed E-state index contributed by atoms with van der Waals surface area (Å²) in [6.07, 6.45) is 1.12. The highest BCUT2D eigenvalue weighted by atomic mass is 32.1. The second-order valence-corrected chi connectivity index (χ2v) is 5.48. The van der Waals surface area contributed by atoms with Gasteiger partial charge in [-0.25, -0.2) is 0 Å². The first kappa shape index (κ1) is 14.5. The Balaban J connectivity index is 1.72. The average molecular weight is 290 g/mol. The summed E-state index contributed by atoms with van der Waals surface area (Å²) in [6.45, 7) is 3.07. The van der Waals surface area contributed by atoms with Crippen molar-refractivity contribution < 1.29 is 4.79 Å². The van der Waals surface area contributed by atoms with E-state index in [2.05, 4.69) is 5.32 Å². The van der Waals surface area contributed by atoms with Crippen molar-refractivity contribution in [2.45, 2.75) is 32.9 Å². The number of nitrogens with zero attached hydrogens (tertiary/aromatic N) is 1. The minimum atomic E-state index is 0.0229. The lowest BCUT2D eigenvalue weighted by molar-refractivity contribution is -0.121. The molecule has 1 aromatic carbocycles. The van der Waals surface area contributed by atoms with Gasteiger partial charge in [0.25, 0.3) is 0 Å². The first-order valence-corrected chi connectivity index (χ1v) is 7.50. The fraction of sp³-hybridized carbons (Fsp3) is 0.333. The number of hydrogen-bond donors (Lipinski definition) is 1. The molecular weight excluding hydrogens is 272 g/mol. The molecule has 1 amide bonds. The molecule has 0 aliphatic rings. The van der Waals surface area contributed by atoms with E-state index >= 15 is 0 Å². The second-order valence-electron chi connectivity index (χ2n) is 4.66. The van der Waals surface area contributed by atoms with E-state index in [9.17, 15) is 9.59 Å². The Labute approximate surface area is 122 Å². The highest BCUT2D eigenvalue weighted by Gasteiger charge is 2.05. The molecule has 2 aromatic rings. The SMILES string of the molecule is Cc1csc(=O)n1CCCC(=O)NCc1ccccc1. The van der Waals surface area contributed by atoms with Crippen molar-refractivity contribution in [2.75, 3.05) is 0 Å². The Bertz CT molecular complexity index is 616. The van der Waals surface area contributed by atoms with Crippen LogP contribution in [0.2, 0.25) is 0 Å². The molecule has 2 rings (SSSR count). The molecule has 0 aliphatic heterocycles. The molecular formula is C15H18N2O2S. The summed E-state index contributed by atoms with van der Waals surface area (Å²) in [6, 6.07) is 9.82.